The molecule has 0 bridgehead atoms. The molecule has 1 aliphatic heterocycles. The monoisotopic (exact) mass is 413 g/mol. The van der Waals surface area contributed by atoms with Crippen molar-refractivity contribution in [3.63, 3.8) is 0 Å². The molecule has 29 heavy (non-hydrogen) atoms. The third-order valence-electron chi connectivity index (χ3n) is 4.72. The first-order chi connectivity index (χ1) is 14.0. The fraction of sp³-hybridized carbons (Fsp3) is 0.650. The molecule has 2 N–H and O–H groups in total. The van der Waals surface area contributed by atoms with E-state index in [4.69, 9.17) is 4.74 Å². The molecule has 7 nitrogen and oxygen atoms in total. The number of hydrogen-bond donors (Lipinski definition) is 2. The molecule has 0 amide bonds. The van der Waals surface area contributed by atoms with Gasteiger partial charge in [0.25, 0.3) is 0 Å². The molecule has 1 aromatic carbocycles. The van der Waals surface area contributed by atoms with Crippen LogP contribution in [0.4, 0.5) is 14.5 Å². The van der Waals surface area contributed by atoms with Crippen LogP contribution >= 0.6 is 0 Å². The van der Waals surface area contributed by atoms with Gasteiger partial charge in [0.05, 0.1) is 18.8 Å². The van der Waals surface area contributed by atoms with Gasteiger partial charge in [-0.1, -0.05) is 12.1 Å². The third kappa shape index (κ3) is 8.02. The zero-order valence-corrected chi connectivity index (χ0v) is 17.5. The van der Waals surface area contributed by atoms with Gasteiger partial charge in [-0.25, -0.2) is 0 Å². The van der Waals surface area contributed by atoms with E-state index in [1.165, 1.54) is 0 Å². The first kappa shape index (κ1) is 23.2. The van der Waals surface area contributed by atoms with E-state index in [1.54, 1.807) is 19.2 Å². The normalized spacial score (nSPS) is 17.3. The Balaban J connectivity index is 1.90. The van der Waals surface area contributed by atoms with Gasteiger partial charge in [0.2, 0.25) is 0 Å². The second kappa shape index (κ2) is 12.4. The van der Waals surface area contributed by atoms with Crippen LogP contribution in [0, 0.1) is 0 Å². The number of likely N-dealkylation sites (N-methyl/N-ethyl adjacent to an activating group) is 1. The van der Waals surface area contributed by atoms with E-state index in [2.05, 4.69) is 30.2 Å². The van der Waals surface area contributed by atoms with Gasteiger partial charge in [0, 0.05) is 45.9 Å². The van der Waals surface area contributed by atoms with Crippen molar-refractivity contribution in [3.8, 4) is 5.75 Å². The molecule has 1 aliphatic rings. The van der Waals surface area contributed by atoms with Crippen LogP contribution in [0.5, 0.6) is 5.75 Å². The highest BCUT2D eigenvalue weighted by molar-refractivity contribution is 5.80. The molecule has 0 spiro atoms. The lowest BCUT2D eigenvalue weighted by Crippen LogP contribution is -2.45. The summed E-state index contributed by atoms with van der Waals surface area (Å²) >= 11 is 0. The number of nitrogens with one attached hydrogen (secondary N) is 2. The summed E-state index contributed by atoms with van der Waals surface area (Å²) in [7, 11) is 3.74. The van der Waals surface area contributed by atoms with Crippen LogP contribution in [0.15, 0.2) is 29.3 Å². The maximum atomic E-state index is 12.7. The number of anilines is 1. The molecule has 0 radical (unpaired) electrons. The predicted octanol–water partition coefficient (Wildman–Crippen LogP) is 2.00. The van der Waals surface area contributed by atoms with Gasteiger partial charge in [0.1, 0.15) is 5.75 Å². The Morgan fingerprint density at radius 1 is 1.34 bits per heavy atom. The summed E-state index contributed by atoms with van der Waals surface area (Å²) in [5.74, 6) is 0.986. The number of nitrogens with zero attached hydrogens (tertiary/aromatic N) is 3. The third-order valence-corrected chi connectivity index (χ3v) is 4.72. The number of halogens is 2. The molecule has 2 rings (SSSR count). The van der Waals surface area contributed by atoms with Crippen molar-refractivity contribution < 1.29 is 18.3 Å². The van der Waals surface area contributed by atoms with Gasteiger partial charge in [-0.15, -0.1) is 0 Å². The van der Waals surface area contributed by atoms with Crippen LogP contribution in [0.25, 0.3) is 0 Å². The van der Waals surface area contributed by atoms with Gasteiger partial charge in [-0.3, -0.25) is 4.99 Å². The minimum Gasteiger partial charge on any atom is -0.433 e. The lowest BCUT2D eigenvalue weighted by atomic mass is 10.2. The van der Waals surface area contributed by atoms with E-state index in [1.807, 2.05) is 26.1 Å². The highest BCUT2D eigenvalue weighted by Crippen LogP contribution is 2.31. The number of guanidine groups is 1. The van der Waals surface area contributed by atoms with E-state index in [0.29, 0.717) is 25.4 Å². The lowest BCUT2D eigenvalue weighted by molar-refractivity contribution is -0.0495. The molecule has 1 saturated heterocycles. The number of methoxy groups -OCH3 is 1. The molecule has 1 unspecified atom stereocenters. The molecule has 0 saturated carbocycles. The number of benzene rings is 1. The SMILES string of the molecule is CCNC(=NCCN(C)CCOC)NC1CCN(c2ccccc2OC(F)F)C1. The molecule has 0 aliphatic carbocycles. The maximum Gasteiger partial charge on any atom is 0.387 e. The van der Waals surface area contributed by atoms with Crippen molar-refractivity contribution in [2.75, 3.05) is 64.9 Å². The molecular formula is C20H33F2N5O2. The second-order valence-corrected chi connectivity index (χ2v) is 6.98. The molecule has 164 valence electrons. The van der Waals surface area contributed by atoms with Crippen molar-refractivity contribution in [2.45, 2.75) is 26.0 Å². The average molecular weight is 414 g/mol. The maximum absolute atomic E-state index is 12.7. The van der Waals surface area contributed by atoms with Crippen molar-refractivity contribution >= 4 is 11.6 Å². The number of hydrogen-bond acceptors (Lipinski definition) is 5. The van der Waals surface area contributed by atoms with Crippen LogP contribution in [0.3, 0.4) is 0 Å². The predicted molar refractivity (Wildman–Crippen MR) is 112 cm³/mol. The number of rotatable bonds is 11. The van der Waals surface area contributed by atoms with Crippen LogP contribution in [0.2, 0.25) is 0 Å². The molecule has 1 heterocycles. The van der Waals surface area contributed by atoms with Crippen molar-refractivity contribution in [2.24, 2.45) is 4.99 Å². The summed E-state index contributed by atoms with van der Waals surface area (Å²) in [4.78, 5) is 8.89. The van der Waals surface area contributed by atoms with Crippen LogP contribution in [-0.2, 0) is 4.74 Å². The second-order valence-electron chi connectivity index (χ2n) is 6.98. The summed E-state index contributed by atoms with van der Waals surface area (Å²) in [6, 6.07) is 7.11. The van der Waals surface area contributed by atoms with Crippen molar-refractivity contribution in [1.82, 2.24) is 15.5 Å². The van der Waals surface area contributed by atoms with Gasteiger partial charge < -0.3 is 29.9 Å². The van der Waals surface area contributed by atoms with E-state index in [-0.39, 0.29) is 11.8 Å². The lowest BCUT2D eigenvalue weighted by Gasteiger charge is -2.22. The summed E-state index contributed by atoms with van der Waals surface area (Å²) in [6.07, 6.45) is 0.890. The summed E-state index contributed by atoms with van der Waals surface area (Å²) in [6.45, 7) is 4.52. The topological polar surface area (TPSA) is 61.4 Å². The minimum absolute atomic E-state index is 0.179. The van der Waals surface area contributed by atoms with Crippen LogP contribution in [-0.4, -0.2) is 83.5 Å². The fourth-order valence-corrected chi connectivity index (χ4v) is 3.22. The zero-order valence-electron chi connectivity index (χ0n) is 17.5. The first-order valence-electron chi connectivity index (χ1n) is 10.0. The average Bonchev–Trinajstić information content (AvgIpc) is 3.14. The Bertz CT molecular complexity index is 633. The largest absolute Gasteiger partial charge is 0.433 e. The van der Waals surface area contributed by atoms with Crippen molar-refractivity contribution in [3.05, 3.63) is 24.3 Å². The summed E-state index contributed by atoms with van der Waals surface area (Å²) < 4.78 is 35.1. The zero-order chi connectivity index (χ0) is 21.1. The summed E-state index contributed by atoms with van der Waals surface area (Å²) in [5, 5.41) is 6.73. The van der Waals surface area contributed by atoms with E-state index >= 15 is 0 Å². The highest BCUT2D eigenvalue weighted by Gasteiger charge is 2.26. The molecular weight excluding hydrogens is 380 g/mol. The molecule has 9 heteroatoms. The van der Waals surface area contributed by atoms with E-state index < -0.39 is 6.61 Å². The number of aliphatic imine (C=N–C) groups is 1. The Kier molecular flexibility index (Phi) is 9.93. The van der Waals surface area contributed by atoms with Gasteiger partial charge in [-0.2, -0.15) is 8.78 Å². The Morgan fingerprint density at radius 3 is 2.86 bits per heavy atom. The smallest absolute Gasteiger partial charge is 0.387 e. The quantitative estimate of drug-likeness (QED) is 0.428. The first-order valence-corrected chi connectivity index (χ1v) is 10.0. The molecule has 1 atom stereocenters. The number of alkyl halides is 2. The van der Waals surface area contributed by atoms with E-state index in [0.717, 1.165) is 38.6 Å². The van der Waals surface area contributed by atoms with Gasteiger partial charge in [-0.05, 0) is 32.5 Å². The Hall–Kier alpha value is -2.13. The van der Waals surface area contributed by atoms with Crippen LogP contribution < -0.4 is 20.3 Å². The Labute approximate surface area is 172 Å². The standard InChI is InChI=1S/C20H33F2N5O2/c1-4-23-20(24-10-12-26(2)13-14-28-3)25-16-9-11-27(15-16)17-7-5-6-8-18(17)29-19(21)22/h5-8,16,19H,4,9-15H2,1-3H3,(H2,23,24,25). The summed E-state index contributed by atoms with van der Waals surface area (Å²) in [5.41, 5.74) is 0.693. The fourth-order valence-electron chi connectivity index (χ4n) is 3.22. The Morgan fingerprint density at radius 2 is 2.14 bits per heavy atom. The minimum atomic E-state index is -2.83. The highest BCUT2D eigenvalue weighted by atomic mass is 19.3. The number of ether oxygens (including phenoxy) is 2. The van der Waals surface area contributed by atoms with E-state index in [9.17, 15) is 8.78 Å². The number of para-hydroxylation sites is 2. The molecule has 1 fully saturated rings. The van der Waals surface area contributed by atoms with Gasteiger partial charge >= 0.3 is 6.61 Å². The molecule has 0 aromatic heterocycles. The van der Waals surface area contributed by atoms with Crippen molar-refractivity contribution in [1.29, 1.82) is 0 Å². The molecule has 1 aromatic rings. The van der Waals surface area contributed by atoms with Gasteiger partial charge in [0.15, 0.2) is 5.96 Å². The van der Waals surface area contributed by atoms with Crippen LogP contribution in [0.1, 0.15) is 13.3 Å².